The maximum Gasteiger partial charge on any atom is 0.230 e. The van der Waals surface area contributed by atoms with Crippen LogP contribution in [0.4, 0.5) is 5.82 Å². The number of carbonyl (C=O) groups excluding carboxylic acids is 1. The van der Waals surface area contributed by atoms with Gasteiger partial charge in [-0.3, -0.25) is 4.79 Å². The van der Waals surface area contributed by atoms with E-state index in [4.69, 9.17) is 11.6 Å². The van der Waals surface area contributed by atoms with Gasteiger partial charge in [0, 0.05) is 36.8 Å². The first-order valence-corrected chi connectivity index (χ1v) is 13.8. The van der Waals surface area contributed by atoms with Crippen molar-refractivity contribution in [1.29, 1.82) is 0 Å². The van der Waals surface area contributed by atoms with E-state index in [1.807, 2.05) is 29.2 Å². The molecule has 1 saturated carbocycles. The molecule has 1 unspecified atom stereocenters. The highest BCUT2D eigenvalue weighted by Gasteiger charge is 2.35. The van der Waals surface area contributed by atoms with Crippen molar-refractivity contribution in [3.8, 4) is 0 Å². The third-order valence-electron chi connectivity index (χ3n) is 8.42. The van der Waals surface area contributed by atoms with E-state index in [2.05, 4.69) is 21.8 Å². The molecule has 1 saturated heterocycles. The monoisotopic (exact) mass is 512 g/mol. The van der Waals surface area contributed by atoms with E-state index >= 15 is 0 Å². The van der Waals surface area contributed by atoms with Crippen molar-refractivity contribution in [2.45, 2.75) is 75.9 Å². The minimum Gasteiger partial charge on any atom is -0.393 e. The summed E-state index contributed by atoms with van der Waals surface area (Å²) in [6, 6.07) is 7.72. The molecule has 1 amide bonds. The summed E-state index contributed by atoms with van der Waals surface area (Å²) in [5.41, 5.74) is 2.84. The van der Waals surface area contributed by atoms with E-state index < -0.39 is 6.10 Å². The van der Waals surface area contributed by atoms with Crippen LogP contribution in [0.15, 0.2) is 30.6 Å². The Morgan fingerprint density at radius 1 is 1.06 bits per heavy atom. The number of nitrogens with zero attached hydrogens (tertiary/aromatic N) is 4. The maximum atomic E-state index is 13.8. The molecule has 0 radical (unpaired) electrons. The van der Waals surface area contributed by atoms with Crippen LogP contribution in [-0.4, -0.2) is 63.3 Å². The van der Waals surface area contributed by atoms with Crippen LogP contribution >= 0.6 is 11.6 Å². The van der Waals surface area contributed by atoms with Gasteiger partial charge in [0.15, 0.2) is 0 Å². The number of aliphatic hydroxyl groups is 2. The average molecular weight is 513 g/mol. The Morgan fingerprint density at radius 2 is 1.75 bits per heavy atom. The largest absolute Gasteiger partial charge is 0.393 e. The highest BCUT2D eigenvalue weighted by molar-refractivity contribution is 6.30. The molecule has 7 nitrogen and oxygen atoms in total. The van der Waals surface area contributed by atoms with Crippen molar-refractivity contribution in [1.82, 2.24) is 14.9 Å². The van der Waals surface area contributed by atoms with E-state index in [-0.39, 0.29) is 23.8 Å². The highest BCUT2D eigenvalue weighted by atomic mass is 35.5. The zero-order valence-corrected chi connectivity index (χ0v) is 21.8. The number of hydrogen-bond donors (Lipinski definition) is 2. The van der Waals surface area contributed by atoms with Gasteiger partial charge in [0.25, 0.3) is 0 Å². The summed E-state index contributed by atoms with van der Waals surface area (Å²) < 4.78 is 0. The molecule has 1 aromatic heterocycles. The molecule has 2 fully saturated rings. The van der Waals surface area contributed by atoms with Crippen LogP contribution in [0, 0.1) is 5.92 Å². The van der Waals surface area contributed by atoms with Crippen LogP contribution in [-0.2, 0) is 4.79 Å². The quantitative estimate of drug-likeness (QED) is 0.595. The Kier molecular flexibility index (Phi) is 7.79. The van der Waals surface area contributed by atoms with Crippen molar-refractivity contribution >= 4 is 23.3 Å². The number of carbonyl (C=O) groups is 1. The van der Waals surface area contributed by atoms with Gasteiger partial charge in [0.1, 0.15) is 12.1 Å². The van der Waals surface area contributed by atoms with Crippen LogP contribution in [0.3, 0.4) is 0 Å². The Labute approximate surface area is 218 Å². The second kappa shape index (κ2) is 11.0. The summed E-state index contributed by atoms with van der Waals surface area (Å²) in [7, 11) is 0. The number of amides is 1. The molecule has 2 heterocycles. The van der Waals surface area contributed by atoms with Crippen LogP contribution < -0.4 is 4.90 Å². The van der Waals surface area contributed by atoms with Crippen LogP contribution in [0.1, 0.15) is 86.6 Å². The summed E-state index contributed by atoms with van der Waals surface area (Å²) in [6.45, 7) is 4.84. The number of aliphatic hydroxyl groups excluding tert-OH is 2. The van der Waals surface area contributed by atoms with Gasteiger partial charge in [-0.15, -0.1) is 0 Å². The molecule has 1 aromatic carbocycles. The molecule has 0 bridgehead atoms. The minimum atomic E-state index is -0.521. The Morgan fingerprint density at radius 3 is 2.44 bits per heavy atom. The van der Waals surface area contributed by atoms with Crippen LogP contribution in [0.5, 0.6) is 0 Å². The predicted molar refractivity (Wildman–Crippen MR) is 140 cm³/mol. The molecule has 1 aliphatic heterocycles. The van der Waals surface area contributed by atoms with Crippen molar-refractivity contribution < 1.29 is 15.0 Å². The molecular weight excluding hydrogens is 476 g/mol. The van der Waals surface area contributed by atoms with E-state index in [9.17, 15) is 15.0 Å². The van der Waals surface area contributed by atoms with Gasteiger partial charge in [0.05, 0.1) is 23.8 Å². The number of benzene rings is 1. The molecule has 3 atom stereocenters. The van der Waals surface area contributed by atoms with E-state index in [0.29, 0.717) is 43.5 Å². The van der Waals surface area contributed by atoms with Crippen molar-refractivity contribution in [3.63, 3.8) is 0 Å². The van der Waals surface area contributed by atoms with Gasteiger partial charge < -0.3 is 20.0 Å². The summed E-state index contributed by atoms with van der Waals surface area (Å²) >= 11 is 6.14. The van der Waals surface area contributed by atoms with Crippen molar-refractivity contribution in [2.75, 3.05) is 31.1 Å². The van der Waals surface area contributed by atoms with E-state index in [1.165, 1.54) is 0 Å². The van der Waals surface area contributed by atoms with Crippen molar-refractivity contribution in [2.24, 2.45) is 5.92 Å². The summed E-state index contributed by atoms with van der Waals surface area (Å²) in [5.74, 6) is 1.71. The lowest BCUT2D eigenvalue weighted by Crippen LogP contribution is -2.50. The highest BCUT2D eigenvalue weighted by Crippen LogP contribution is 2.43. The number of rotatable bonds is 6. The minimum absolute atomic E-state index is 0.159. The molecule has 36 heavy (non-hydrogen) atoms. The fourth-order valence-corrected chi connectivity index (χ4v) is 6.40. The number of aromatic nitrogens is 2. The Balaban J connectivity index is 1.26. The zero-order valence-electron chi connectivity index (χ0n) is 21.0. The van der Waals surface area contributed by atoms with Crippen LogP contribution in [0.2, 0.25) is 5.02 Å². The lowest BCUT2D eigenvalue weighted by atomic mass is 9.81. The Bertz CT molecular complexity index is 1050. The fourth-order valence-electron chi connectivity index (χ4n) is 6.28. The molecule has 5 rings (SSSR count). The molecule has 0 spiro atoms. The first-order chi connectivity index (χ1) is 17.4. The fraction of sp³-hybridized carbons (Fsp3) is 0.607. The maximum absolute atomic E-state index is 13.8. The van der Waals surface area contributed by atoms with Gasteiger partial charge >= 0.3 is 0 Å². The van der Waals surface area contributed by atoms with Gasteiger partial charge in [-0.1, -0.05) is 30.7 Å². The number of fused-ring (bicyclic) bond motifs is 1. The van der Waals surface area contributed by atoms with Gasteiger partial charge in [-0.25, -0.2) is 9.97 Å². The number of anilines is 1. The average Bonchev–Trinajstić information content (AvgIpc) is 3.19. The predicted octanol–water partition coefficient (Wildman–Crippen LogP) is 4.43. The third-order valence-corrected chi connectivity index (χ3v) is 8.67. The SMILES string of the molecule is C[C@@H]1C[C@@H](O)c2ncnc(N3CCN(C(=O)C(CCC4CCC(O)CC4)c4ccc(Cl)cc4)CC3)c21. The Hall–Kier alpha value is -2.22. The summed E-state index contributed by atoms with van der Waals surface area (Å²) in [4.78, 5) is 27.0. The molecule has 2 aliphatic carbocycles. The molecule has 8 heteroatoms. The van der Waals surface area contributed by atoms with E-state index in [1.54, 1.807) is 6.33 Å². The van der Waals surface area contributed by atoms with Gasteiger partial charge in [-0.05, 0) is 74.5 Å². The molecule has 3 aliphatic rings. The first-order valence-electron chi connectivity index (χ1n) is 13.4. The zero-order chi connectivity index (χ0) is 25.2. The molecule has 194 valence electrons. The molecule has 2 N–H and O–H groups in total. The summed E-state index contributed by atoms with van der Waals surface area (Å²) in [6.07, 6.45) is 7.19. The van der Waals surface area contributed by atoms with E-state index in [0.717, 1.165) is 61.2 Å². The first kappa shape index (κ1) is 25.4. The number of hydrogen-bond acceptors (Lipinski definition) is 6. The number of halogens is 1. The number of piperazine rings is 1. The molecular formula is C28H37ClN4O3. The lowest BCUT2D eigenvalue weighted by Gasteiger charge is -2.38. The smallest absolute Gasteiger partial charge is 0.230 e. The van der Waals surface area contributed by atoms with Crippen molar-refractivity contribution in [3.05, 3.63) is 52.4 Å². The van der Waals surface area contributed by atoms with Gasteiger partial charge in [-0.2, -0.15) is 0 Å². The topological polar surface area (TPSA) is 89.8 Å². The van der Waals surface area contributed by atoms with Crippen LogP contribution in [0.25, 0.3) is 0 Å². The lowest BCUT2D eigenvalue weighted by molar-refractivity contribution is -0.133. The second-order valence-electron chi connectivity index (χ2n) is 10.8. The third kappa shape index (κ3) is 5.38. The summed E-state index contributed by atoms with van der Waals surface area (Å²) in [5, 5.41) is 20.9. The second-order valence-corrected chi connectivity index (χ2v) is 11.3. The normalized spacial score (nSPS) is 27.1. The standard InChI is InChI=1S/C28H37ClN4O3/c1-18-16-24(35)26-25(18)27(31-17-30-26)32-12-14-33(15-13-32)28(36)23(20-5-7-21(29)8-6-20)11-4-19-2-9-22(34)10-3-19/h5-8,17-19,22-24,34-35H,2-4,9-16H2,1H3/t18-,19?,22?,23?,24-/m1/s1. The molecule has 2 aromatic rings. The van der Waals surface area contributed by atoms with Gasteiger partial charge in [0.2, 0.25) is 5.91 Å².